The Balaban J connectivity index is 1.49. The first-order valence-electron chi connectivity index (χ1n) is 9.80. The summed E-state index contributed by atoms with van der Waals surface area (Å²) in [4.78, 5) is 4.53. The highest BCUT2D eigenvalue weighted by molar-refractivity contribution is 7.98. The van der Waals surface area contributed by atoms with E-state index in [1.807, 2.05) is 42.5 Å². The summed E-state index contributed by atoms with van der Waals surface area (Å²) in [6.45, 7) is 3.37. The van der Waals surface area contributed by atoms with Crippen LogP contribution >= 0.6 is 11.8 Å². The van der Waals surface area contributed by atoms with Crippen LogP contribution in [-0.2, 0) is 23.5 Å². The highest BCUT2D eigenvalue weighted by atomic mass is 32.2. The van der Waals surface area contributed by atoms with E-state index in [4.69, 9.17) is 9.26 Å². The Kier molecular flexibility index (Phi) is 6.56. The largest absolute Gasteiger partial charge is 0.383 e. The Morgan fingerprint density at radius 2 is 1.80 bits per heavy atom. The fraction of sp³-hybridized carbons (Fsp3) is 0.273. The van der Waals surface area contributed by atoms with E-state index in [1.54, 1.807) is 7.11 Å². The summed E-state index contributed by atoms with van der Waals surface area (Å²) < 4.78 is 12.8. The number of rotatable bonds is 9. The van der Waals surface area contributed by atoms with Gasteiger partial charge in [0.05, 0.1) is 18.9 Å². The Labute approximate surface area is 179 Å². The molecule has 0 aliphatic heterocycles. The predicted molar refractivity (Wildman–Crippen MR) is 116 cm³/mol. The molecule has 0 atom stereocenters. The molecular formula is C22H23N5O2S. The van der Waals surface area contributed by atoms with Crippen LogP contribution < -0.4 is 0 Å². The first kappa shape index (κ1) is 20.3. The number of nitrogens with zero attached hydrogens (tertiary/aromatic N) is 5. The van der Waals surface area contributed by atoms with Crippen LogP contribution in [0.25, 0.3) is 22.8 Å². The molecule has 0 aliphatic carbocycles. The second kappa shape index (κ2) is 9.69. The van der Waals surface area contributed by atoms with E-state index in [1.165, 1.54) is 17.3 Å². The number of benzene rings is 2. The quantitative estimate of drug-likeness (QED) is 0.368. The van der Waals surface area contributed by atoms with Gasteiger partial charge in [-0.15, -0.1) is 10.2 Å². The van der Waals surface area contributed by atoms with Crippen molar-refractivity contribution >= 4 is 11.8 Å². The minimum Gasteiger partial charge on any atom is -0.383 e. The van der Waals surface area contributed by atoms with Crippen LogP contribution in [0.4, 0.5) is 0 Å². The molecular weight excluding hydrogens is 398 g/mol. The summed E-state index contributed by atoms with van der Waals surface area (Å²) >= 11 is 1.52. The molecule has 0 unspecified atom stereocenters. The van der Waals surface area contributed by atoms with E-state index in [-0.39, 0.29) is 0 Å². The lowest BCUT2D eigenvalue weighted by Crippen LogP contribution is -2.07. The topological polar surface area (TPSA) is 78.9 Å². The lowest BCUT2D eigenvalue weighted by Gasteiger charge is -2.09. The van der Waals surface area contributed by atoms with Gasteiger partial charge >= 0.3 is 0 Å². The number of ether oxygens (including phenoxy) is 1. The maximum absolute atomic E-state index is 5.45. The molecule has 30 heavy (non-hydrogen) atoms. The smallest absolute Gasteiger partial charge is 0.237 e. The summed E-state index contributed by atoms with van der Waals surface area (Å²) in [5.41, 5.74) is 3.24. The maximum Gasteiger partial charge on any atom is 0.237 e. The molecule has 7 nitrogen and oxygen atoms in total. The number of hydrogen-bond acceptors (Lipinski definition) is 7. The molecule has 2 heterocycles. The third-order valence-corrected chi connectivity index (χ3v) is 5.63. The Morgan fingerprint density at radius 3 is 2.53 bits per heavy atom. The number of aryl methyl sites for hydroxylation is 1. The number of thioether (sulfide) groups is 1. The van der Waals surface area contributed by atoms with Crippen molar-refractivity contribution in [3.8, 4) is 22.8 Å². The van der Waals surface area contributed by atoms with E-state index in [0.29, 0.717) is 30.6 Å². The average molecular weight is 422 g/mol. The van der Waals surface area contributed by atoms with Crippen LogP contribution in [-0.4, -0.2) is 38.6 Å². The van der Waals surface area contributed by atoms with E-state index in [0.717, 1.165) is 28.5 Å². The zero-order chi connectivity index (χ0) is 20.8. The second-order valence-corrected chi connectivity index (χ2v) is 7.61. The van der Waals surface area contributed by atoms with Crippen LogP contribution in [0.3, 0.4) is 0 Å². The van der Waals surface area contributed by atoms with Gasteiger partial charge in [0.15, 0.2) is 11.0 Å². The molecule has 8 heteroatoms. The molecule has 2 aromatic heterocycles. The molecule has 4 aromatic rings. The van der Waals surface area contributed by atoms with E-state index < -0.39 is 0 Å². The Morgan fingerprint density at radius 1 is 1.00 bits per heavy atom. The van der Waals surface area contributed by atoms with E-state index >= 15 is 0 Å². The molecule has 0 aliphatic rings. The lowest BCUT2D eigenvalue weighted by molar-refractivity contribution is 0.185. The zero-order valence-corrected chi connectivity index (χ0v) is 17.8. The second-order valence-electron chi connectivity index (χ2n) is 6.67. The van der Waals surface area contributed by atoms with Crippen LogP contribution in [0, 0.1) is 0 Å². The van der Waals surface area contributed by atoms with Crippen molar-refractivity contribution in [2.24, 2.45) is 0 Å². The van der Waals surface area contributed by atoms with Gasteiger partial charge in [-0.1, -0.05) is 78.4 Å². The molecule has 0 saturated carbocycles. The number of methoxy groups -OCH3 is 1. The molecule has 0 radical (unpaired) electrons. The number of aromatic nitrogens is 5. The van der Waals surface area contributed by atoms with E-state index in [9.17, 15) is 0 Å². The Hall–Kier alpha value is -2.97. The van der Waals surface area contributed by atoms with Gasteiger partial charge in [-0.2, -0.15) is 4.98 Å². The van der Waals surface area contributed by atoms with Crippen LogP contribution in [0.15, 0.2) is 64.3 Å². The molecule has 0 fully saturated rings. The van der Waals surface area contributed by atoms with Crippen LogP contribution in [0.5, 0.6) is 0 Å². The van der Waals surface area contributed by atoms with Crippen molar-refractivity contribution < 1.29 is 9.26 Å². The summed E-state index contributed by atoms with van der Waals surface area (Å²) in [5, 5.41) is 13.7. The minimum atomic E-state index is 0.514. The first-order chi connectivity index (χ1) is 14.8. The third kappa shape index (κ3) is 4.60. The first-order valence-corrected chi connectivity index (χ1v) is 10.8. The zero-order valence-electron chi connectivity index (χ0n) is 17.0. The third-order valence-electron chi connectivity index (χ3n) is 4.68. The molecule has 0 amide bonds. The van der Waals surface area contributed by atoms with Crippen molar-refractivity contribution in [3.63, 3.8) is 0 Å². The molecule has 0 N–H and O–H groups in total. The SMILES string of the molecule is CCc1ccc(-c2noc(CSc3nnc(-c4ccccc4)n3CCOC)n2)cc1. The monoisotopic (exact) mass is 421 g/mol. The van der Waals surface area contributed by atoms with E-state index in [2.05, 4.69) is 44.0 Å². The average Bonchev–Trinajstić information content (AvgIpc) is 3.44. The van der Waals surface area contributed by atoms with Crippen molar-refractivity contribution in [2.75, 3.05) is 13.7 Å². The fourth-order valence-electron chi connectivity index (χ4n) is 3.03. The highest BCUT2D eigenvalue weighted by Gasteiger charge is 2.16. The fourth-order valence-corrected chi connectivity index (χ4v) is 3.83. The van der Waals surface area contributed by atoms with Crippen molar-refractivity contribution in [1.29, 1.82) is 0 Å². The predicted octanol–water partition coefficient (Wildman–Crippen LogP) is 4.50. The van der Waals surface area contributed by atoms with Gasteiger partial charge in [0, 0.05) is 18.2 Å². The molecule has 0 saturated heterocycles. The van der Waals surface area contributed by atoms with Gasteiger partial charge in [-0.25, -0.2) is 0 Å². The normalized spacial score (nSPS) is 11.1. The summed E-state index contributed by atoms with van der Waals surface area (Å²) in [6, 6.07) is 18.2. The van der Waals surface area contributed by atoms with Gasteiger partial charge in [0.2, 0.25) is 11.7 Å². The molecule has 0 spiro atoms. The van der Waals surface area contributed by atoms with Gasteiger partial charge in [-0.3, -0.25) is 4.57 Å². The van der Waals surface area contributed by atoms with Crippen LogP contribution in [0.1, 0.15) is 18.4 Å². The molecule has 154 valence electrons. The van der Waals surface area contributed by atoms with Crippen molar-refractivity contribution in [1.82, 2.24) is 24.9 Å². The summed E-state index contributed by atoms with van der Waals surface area (Å²) in [7, 11) is 1.69. The summed E-state index contributed by atoms with van der Waals surface area (Å²) in [6.07, 6.45) is 1.00. The van der Waals surface area contributed by atoms with Gasteiger partial charge in [0.1, 0.15) is 0 Å². The maximum atomic E-state index is 5.45. The van der Waals surface area contributed by atoms with Gasteiger partial charge in [0.25, 0.3) is 0 Å². The van der Waals surface area contributed by atoms with Crippen LogP contribution in [0.2, 0.25) is 0 Å². The number of hydrogen-bond donors (Lipinski definition) is 0. The molecule has 4 rings (SSSR count). The standard InChI is InChI=1S/C22H23N5O2S/c1-3-16-9-11-17(12-10-16)20-23-19(29-26-20)15-30-22-25-24-21(27(22)13-14-28-2)18-7-5-4-6-8-18/h4-12H,3,13-15H2,1-2H3. The van der Waals surface area contributed by atoms with Gasteiger partial charge in [-0.05, 0) is 12.0 Å². The molecule has 2 aromatic carbocycles. The molecule has 0 bridgehead atoms. The lowest BCUT2D eigenvalue weighted by atomic mass is 10.1. The van der Waals surface area contributed by atoms with Crippen molar-refractivity contribution in [3.05, 3.63) is 66.1 Å². The van der Waals surface area contributed by atoms with Crippen molar-refractivity contribution in [2.45, 2.75) is 30.8 Å². The Bertz CT molecular complexity index is 1080. The van der Waals surface area contributed by atoms with Gasteiger partial charge < -0.3 is 9.26 Å². The summed E-state index contributed by atoms with van der Waals surface area (Å²) in [5.74, 6) is 2.48. The highest BCUT2D eigenvalue weighted by Crippen LogP contribution is 2.27. The minimum absolute atomic E-state index is 0.514.